The molecular formula is C20H23N3O. The zero-order valence-corrected chi connectivity index (χ0v) is 14.2. The molecule has 1 aromatic heterocycles. The average Bonchev–Trinajstić information content (AvgIpc) is 2.99. The molecule has 24 heavy (non-hydrogen) atoms. The summed E-state index contributed by atoms with van der Waals surface area (Å²) in [4.78, 5) is 16.6. The van der Waals surface area contributed by atoms with Crippen molar-refractivity contribution in [3.63, 3.8) is 0 Å². The minimum Gasteiger partial charge on any atom is -0.355 e. The van der Waals surface area contributed by atoms with Gasteiger partial charge in [0.15, 0.2) is 0 Å². The zero-order valence-electron chi connectivity index (χ0n) is 14.2. The topological polar surface area (TPSA) is 46.9 Å². The van der Waals surface area contributed by atoms with Gasteiger partial charge in [0.25, 0.3) is 0 Å². The van der Waals surface area contributed by atoms with Crippen molar-refractivity contribution < 1.29 is 4.79 Å². The van der Waals surface area contributed by atoms with Crippen LogP contribution in [0.5, 0.6) is 0 Å². The fourth-order valence-electron chi connectivity index (χ4n) is 2.84. The molecule has 0 aliphatic heterocycles. The van der Waals surface area contributed by atoms with Crippen LogP contribution in [0.4, 0.5) is 0 Å². The van der Waals surface area contributed by atoms with Crippen LogP contribution in [0, 0.1) is 0 Å². The lowest BCUT2D eigenvalue weighted by Gasteiger charge is -2.08. The first-order valence-corrected chi connectivity index (χ1v) is 8.39. The number of amides is 1. The first kappa shape index (κ1) is 16.2. The fourth-order valence-corrected chi connectivity index (χ4v) is 2.84. The van der Waals surface area contributed by atoms with Gasteiger partial charge in [0.1, 0.15) is 0 Å². The van der Waals surface area contributed by atoms with Crippen LogP contribution in [0.25, 0.3) is 11.0 Å². The highest BCUT2D eigenvalue weighted by Gasteiger charge is 2.08. The van der Waals surface area contributed by atoms with E-state index in [2.05, 4.69) is 46.9 Å². The maximum atomic E-state index is 12.1. The number of rotatable bonds is 6. The average molecular weight is 321 g/mol. The van der Waals surface area contributed by atoms with Crippen LogP contribution < -0.4 is 5.32 Å². The Morgan fingerprint density at radius 2 is 1.92 bits per heavy atom. The highest BCUT2D eigenvalue weighted by atomic mass is 16.1. The molecule has 0 aliphatic rings. The number of carbonyl (C=O) groups is 1. The van der Waals surface area contributed by atoms with E-state index in [-0.39, 0.29) is 5.91 Å². The van der Waals surface area contributed by atoms with Gasteiger partial charge in [-0.15, -0.1) is 0 Å². The molecule has 4 heteroatoms. The second kappa shape index (κ2) is 7.30. The molecule has 0 atom stereocenters. The van der Waals surface area contributed by atoms with E-state index < -0.39 is 0 Å². The summed E-state index contributed by atoms with van der Waals surface area (Å²) in [6.07, 6.45) is 3.10. The number of aromatic nitrogens is 2. The van der Waals surface area contributed by atoms with Gasteiger partial charge in [0, 0.05) is 12.6 Å². The van der Waals surface area contributed by atoms with E-state index in [1.54, 1.807) is 0 Å². The number of hydrogen-bond acceptors (Lipinski definition) is 2. The maximum absolute atomic E-state index is 12.1. The zero-order chi connectivity index (χ0) is 16.9. The predicted octanol–water partition coefficient (Wildman–Crippen LogP) is 3.52. The molecule has 0 aliphatic carbocycles. The number of benzene rings is 2. The van der Waals surface area contributed by atoms with Crippen LogP contribution in [-0.4, -0.2) is 22.0 Å². The monoisotopic (exact) mass is 321 g/mol. The van der Waals surface area contributed by atoms with Crippen molar-refractivity contribution in [3.05, 3.63) is 66.0 Å². The summed E-state index contributed by atoms with van der Waals surface area (Å²) in [5.41, 5.74) is 4.28. The molecule has 0 bridgehead atoms. The van der Waals surface area contributed by atoms with E-state index in [9.17, 15) is 4.79 Å². The molecule has 1 N–H and O–H groups in total. The Morgan fingerprint density at radius 3 is 2.67 bits per heavy atom. The molecule has 0 radical (unpaired) electrons. The van der Waals surface area contributed by atoms with Crippen LogP contribution >= 0.6 is 0 Å². The van der Waals surface area contributed by atoms with E-state index in [0.717, 1.165) is 23.0 Å². The molecule has 0 spiro atoms. The Labute approximate surface area is 142 Å². The SMILES string of the molecule is CC(C)n1cnc2cc(CC(=O)NCCc3ccccc3)ccc21. The lowest BCUT2D eigenvalue weighted by Crippen LogP contribution is -2.27. The summed E-state index contributed by atoms with van der Waals surface area (Å²) in [7, 11) is 0. The third-order valence-electron chi connectivity index (χ3n) is 4.14. The summed E-state index contributed by atoms with van der Waals surface area (Å²) in [5.74, 6) is 0.0496. The van der Waals surface area contributed by atoms with Gasteiger partial charge >= 0.3 is 0 Å². The van der Waals surface area contributed by atoms with Crippen molar-refractivity contribution in [1.82, 2.24) is 14.9 Å². The second-order valence-corrected chi connectivity index (χ2v) is 6.33. The Kier molecular flexibility index (Phi) is 4.94. The maximum Gasteiger partial charge on any atom is 0.224 e. The Hall–Kier alpha value is -2.62. The molecule has 124 valence electrons. The molecule has 2 aromatic carbocycles. The number of nitrogens with zero attached hydrogens (tertiary/aromatic N) is 2. The third-order valence-corrected chi connectivity index (χ3v) is 4.14. The Bertz CT molecular complexity index is 821. The number of fused-ring (bicyclic) bond motifs is 1. The molecule has 0 saturated carbocycles. The lowest BCUT2D eigenvalue weighted by molar-refractivity contribution is -0.120. The number of nitrogens with one attached hydrogen (secondary N) is 1. The van der Waals surface area contributed by atoms with Crippen LogP contribution in [0.15, 0.2) is 54.9 Å². The third kappa shape index (κ3) is 3.82. The minimum atomic E-state index is 0.0496. The summed E-state index contributed by atoms with van der Waals surface area (Å²) in [6, 6.07) is 16.6. The van der Waals surface area contributed by atoms with Gasteiger partial charge in [-0.1, -0.05) is 36.4 Å². The van der Waals surface area contributed by atoms with Crippen LogP contribution in [0.3, 0.4) is 0 Å². The molecule has 3 aromatic rings. The van der Waals surface area contributed by atoms with E-state index in [1.165, 1.54) is 5.56 Å². The van der Waals surface area contributed by atoms with Crippen LogP contribution in [0.1, 0.15) is 31.0 Å². The van der Waals surface area contributed by atoms with E-state index in [1.807, 2.05) is 36.7 Å². The smallest absolute Gasteiger partial charge is 0.224 e. The van der Waals surface area contributed by atoms with Crippen LogP contribution in [-0.2, 0) is 17.6 Å². The largest absolute Gasteiger partial charge is 0.355 e. The molecule has 0 unspecified atom stereocenters. The van der Waals surface area contributed by atoms with Crippen molar-refractivity contribution in [2.24, 2.45) is 0 Å². The fraction of sp³-hybridized carbons (Fsp3) is 0.300. The van der Waals surface area contributed by atoms with Gasteiger partial charge in [-0.25, -0.2) is 4.98 Å². The van der Waals surface area contributed by atoms with Crippen molar-refractivity contribution in [3.8, 4) is 0 Å². The lowest BCUT2D eigenvalue weighted by atomic mass is 10.1. The van der Waals surface area contributed by atoms with Crippen molar-refractivity contribution in [1.29, 1.82) is 0 Å². The molecule has 3 rings (SSSR count). The Morgan fingerprint density at radius 1 is 1.12 bits per heavy atom. The molecule has 1 amide bonds. The summed E-state index contributed by atoms with van der Waals surface area (Å²) in [6.45, 7) is 4.93. The van der Waals surface area contributed by atoms with Gasteiger partial charge in [0.2, 0.25) is 5.91 Å². The van der Waals surface area contributed by atoms with Gasteiger partial charge < -0.3 is 9.88 Å². The predicted molar refractivity (Wildman–Crippen MR) is 97.0 cm³/mol. The van der Waals surface area contributed by atoms with Gasteiger partial charge in [0.05, 0.1) is 23.8 Å². The van der Waals surface area contributed by atoms with E-state index in [0.29, 0.717) is 19.0 Å². The van der Waals surface area contributed by atoms with E-state index >= 15 is 0 Å². The van der Waals surface area contributed by atoms with Gasteiger partial charge in [-0.05, 0) is 43.5 Å². The van der Waals surface area contributed by atoms with Crippen molar-refractivity contribution in [2.45, 2.75) is 32.7 Å². The number of hydrogen-bond donors (Lipinski definition) is 1. The normalized spacial score (nSPS) is 11.1. The standard InChI is InChI=1S/C20H23N3O/c1-15(2)23-14-22-18-12-17(8-9-19(18)23)13-20(24)21-11-10-16-6-4-3-5-7-16/h3-9,12,14-15H,10-11,13H2,1-2H3,(H,21,24). The Balaban J connectivity index is 1.57. The first-order chi connectivity index (χ1) is 11.6. The van der Waals surface area contributed by atoms with Crippen molar-refractivity contribution in [2.75, 3.05) is 6.54 Å². The minimum absolute atomic E-state index is 0.0496. The molecule has 0 fully saturated rings. The van der Waals surface area contributed by atoms with Gasteiger partial charge in [-0.2, -0.15) is 0 Å². The van der Waals surface area contributed by atoms with Crippen LogP contribution in [0.2, 0.25) is 0 Å². The number of carbonyl (C=O) groups excluding carboxylic acids is 1. The van der Waals surface area contributed by atoms with Crippen molar-refractivity contribution >= 4 is 16.9 Å². The number of imidazole rings is 1. The highest BCUT2D eigenvalue weighted by Crippen LogP contribution is 2.19. The summed E-state index contributed by atoms with van der Waals surface area (Å²) < 4.78 is 2.14. The quantitative estimate of drug-likeness (QED) is 0.755. The molecule has 0 saturated heterocycles. The molecular weight excluding hydrogens is 298 g/mol. The molecule has 4 nitrogen and oxygen atoms in total. The van der Waals surface area contributed by atoms with E-state index in [4.69, 9.17) is 0 Å². The first-order valence-electron chi connectivity index (χ1n) is 8.39. The highest BCUT2D eigenvalue weighted by molar-refractivity contribution is 5.81. The molecule has 1 heterocycles. The summed E-state index contributed by atoms with van der Waals surface area (Å²) >= 11 is 0. The second-order valence-electron chi connectivity index (χ2n) is 6.33. The van der Waals surface area contributed by atoms with Gasteiger partial charge in [-0.3, -0.25) is 4.79 Å². The summed E-state index contributed by atoms with van der Waals surface area (Å²) in [5, 5.41) is 2.99.